The minimum atomic E-state index is -0.554. The van der Waals surface area contributed by atoms with Crippen LogP contribution in [0.2, 0.25) is 0 Å². The van der Waals surface area contributed by atoms with Gasteiger partial charge in [0.25, 0.3) is 0 Å². The fourth-order valence-electron chi connectivity index (χ4n) is 4.15. The Labute approximate surface area is 218 Å². The second-order valence-electron chi connectivity index (χ2n) is 9.94. The van der Waals surface area contributed by atoms with Crippen LogP contribution in [0.3, 0.4) is 0 Å². The topological polar surface area (TPSA) is 52.6 Å². The zero-order chi connectivity index (χ0) is 26.2. The van der Waals surface area contributed by atoms with Crippen molar-refractivity contribution in [2.24, 2.45) is 0 Å². The smallest absolute Gasteiger partial charge is 0.338 e. The molecule has 4 nitrogen and oxygen atoms in total. The molecule has 0 aliphatic heterocycles. The molecule has 0 bridgehead atoms. The summed E-state index contributed by atoms with van der Waals surface area (Å²) in [4.78, 5) is 25.2. The van der Waals surface area contributed by atoms with Gasteiger partial charge in [0.15, 0.2) is 0 Å². The maximum absolute atomic E-state index is 12.6. The molecule has 4 heteroatoms. The number of hydrogen-bond donors (Lipinski definition) is 0. The van der Waals surface area contributed by atoms with Crippen LogP contribution in [0.1, 0.15) is 124 Å². The molecule has 0 radical (unpaired) electrons. The standard InChI is InChI=1S/C32H46O4/c1-5-7-9-11-13-15-27-17-21-29(22-18-27)31(33)35-25(3)26(4)36-32(34)30-23-19-28(20-24-30)16-14-12-10-8-6-2/h17-26H,5-16H2,1-4H3. The number of carbonyl (C=O) groups excluding carboxylic acids is 2. The summed E-state index contributed by atoms with van der Waals surface area (Å²) in [6.07, 6.45) is 13.4. The molecule has 0 amide bonds. The molecular weight excluding hydrogens is 448 g/mol. The van der Waals surface area contributed by atoms with Gasteiger partial charge in [-0.25, -0.2) is 9.59 Å². The molecule has 2 rings (SSSR count). The van der Waals surface area contributed by atoms with Crippen molar-refractivity contribution in [1.82, 2.24) is 0 Å². The lowest BCUT2D eigenvalue weighted by Crippen LogP contribution is -2.30. The van der Waals surface area contributed by atoms with Crippen LogP contribution in [-0.2, 0) is 22.3 Å². The summed E-state index contributed by atoms with van der Waals surface area (Å²) in [5.41, 5.74) is 3.50. The zero-order valence-corrected chi connectivity index (χ0v) is 22.9. The van der Waals surface area contributed by atoms with Gasteiger partial charge < -0.3 is 9.47 Å². The predicted molar refractivity (Wildman–Crippen MR) is 148 cm³/mol. The average Bonchev–Trinajstić information content (AvgIpc) is 2.89. The SMILES string of the molecule is CCCCCCCc1ccc(C(=O)OC(C)C(C)OC(=O)c2ccc(CCCCCCC)cc2)cc1. The summed E-state index contributed by atoms with van der Waals surface area (Å²) in [5.74, 6) is -0.800. The molecule has 0 saturated heterocycles. The van der Waals surface area contributed by atoms with E-state index in [2.05, 4.69) is 13.8 Å². The second-order valence-corrected chi connectivity index (χ2v) is 9.94. The fourth-order valence-corrected chi connectivity index (χ4v) is 4.15. The largest absolute Gasteiger partial charge is 0.455 e. The summed E-state index contributed by atoms with van der Waals surface area (Å²) in [7, 11) is 0. The number of esters is 2. The lowest BCUT2D eigenvalue weighted by atomic mass is 10.0. The number of ether oxygens (including phenoxy) is 2. The molecule has 2 unspecified atom stereocenters. The first-order valence-corrected chi connectivity index (χ1v) is 14.0. The molecular formula is C32H46O4. The molecule has 0 aromatic heterocycles. The van der Waals surface area contributed by atoms with Crippen LogP contribution in [0.25, 0.3) is 0 Å². The average molecular weight is 495 g/mol. The molecule has 2 atom stereocenters. The highest BCUT2D eigenvalue weighted by atomic mass is 16.6. The van der Waals surface area contributed by atoms with E-state index >= 15 is 0 Å². The van der Waals surface area contributed by atoms with E-state index in [1.54, 1.807) is 13.8 Å². The van der Waals surface area contributed by atoms with Gasteiger partial charge in [-0.15, -0.1) is 0 Å². The molecule has 0 aliphatic rings. The van der Waals surface area contributed by atoms with E-state index in [1.165, 1.54) is 75.3 Å². The van der Waals surface area contributed by atoms with Crippen LogP contribution in [0.15, 0.2) is 48.5 Å². The molecule has 0 saturated carbocycles. The van der Waals surface area contributed by atoms with Crippen molar-refractivity contribution in [2.75, 3.05) is 0 Å². The van der Waals surface area contributed by atoms with Gasteiger partial charge in [0, 0.05) is 0 Å². The normalized spacial score (nSPS) is 12.7. The quantitative estimate of drug-likeness (QED) is 0.163. The minimum Gasteiger partial charge on any atom is -0.455 e. The molecule has 2 aromatic carbocycles. The first-order valence-electron chi connectivity index (χ1n) is 14.0. The third-order valence-corrected chi connectivity index (χ3v) is 6.76. The molecule has 198 valence electrons. The molecule has 2 aromatic rings. The van der Waals surface area contributed by atoms with E-state index in [0.29, 0.717) is 11.1 Å². The third-order valence-electron chi connectivity index (χ3n) is 6.76. The number of aryl methyl sites for hydroxylation is 2. The van der Waals surface area contributed by atoms with Crippen LogP contribution >= 0.6 is 0 Å². The van der Waals surface area contributed by atoms with E-state index in [1.807, 2.05) is 48.5 Å². The van der Waals surface area contributed by atoms with E-state index in [4.69, 9.17) is 9.47 Å². The third kappa shape index (κ3) is 11.0. The molecule has 0 spiro atoms. The van der Waals surface area contributed by atoms with E-state index in [-0.39, 0.29) is 0 Å². The van der Waals surface area contributed by atoms with Crippen molar-refractivity contribution in [1.29, 1.82) is 0 Å². The number of benzene rings is 2. The van der Waals surface area contributed by atoms with Crippen molar-refractivity contribution in [3.05, 3.63) is 70.8 Å². The lowest BCUT2D eigenvalue weighted by Gasteiger charge is -2.21. The highest BCUT2D eigenvalue weighted by Crippen LogP contribution is 2.15. The highest BCUT2D eigenvalue weighted by molar-refractivity contribution is 5.90. The Balaban J connectivity index is 1.76. The van der Waals surface area contributed by atoms with Gasteiger partial charge in [-0.05, 0) is 74.9 Å². The maximum Gasteiger partial charge on any atom is 0.338 e. The molecule has 0 fully saturated rings. The van der Waals surface area contributed by atoms with Gasteiger partial charge in [-0.3, -0.25) is 0 Å². The maximum atomic E-state index is 12.6. The van der Waals surface area contributed by atoms with E-state index in [9.17, 15) is 9.59 Å². The number of carbonyl (C=O) groups is 2. The summed E-state index contributed by atoms with van der Waals surface area (Å²) in [5, 5.41) is 0. The van der Waals surface area contributed by atoms with Gasteiger partial charge in [0.2, 0.25) is 0 Å². The Morgan fingerprint density at radius 1 is 0.556 bits per heavy atom. The molecule has 0 heterocycles. The Morgan fingerprint density at radius 2 is 0.889 bits per heavy atom. The second kappa shape index (κ2) is 16.9. The summed E-state index contributed by atoms with van der Waals surface area (Å²) in [6.45, 7) is 7.95. The summed E-state index contributed by atoms with van der Waals surface area (Å²) < 4.78 is 11.2. The van der Waals surface area contributed by atoms with Gasteiger partial charge in [-0.1, -0.05) is 89.5 Å². The molecule has 36 heavy (non-hydrogen) atoms. The van der Waals surface area contributed by atoms with Crippen molar-refractivity contribution in [2.45, 2.75) is 117 Å². The van der Waals surface area contributed by atoms with Crippen molar-refractivity contribution in [3.8, 4) is 0 Å². The first kappa shape index (κ1) is 29.6. The lowest BCUT2D eigenvalue weighted by molar-refractivity contribution is -0.0239. The number of unbranched alkanes of at least 4 members (excludes halogenated alkanes) is 8. The van der Waals surface area contributed by atoms with Crippen molar-refractivity contribution < 1.29 is 19.1 Å². The predicted octanol–water partition coefficient (Wildman–Crippen LogP) is 8.50. The van der Waals surface area contributed by atoms with Crippen LogP contribution in [0.5, 0.6) is 0 Å². The van der Waals surface area contributed by atoms with E-state index in [0.717, 1.165) is 12.8 Å². The first-order chi connectivity index (χ1) is 17.4. The van der Waals surface area contributed by atoms with Crippen LogP contribution < -0.4 is 0 Å². The zero-order valence-electron chi connectivity index (χ0n) is 22.9. The minimum absolute atomic E-state index is 0.400. The van der Waals surface area contributed by atoms with Crippen LogP contribution in [-0.4, -0.2) is 24.1 Å². The highest BCUT2D eigenvalue weighted by Gasteiger charge is 2.22. The summed E-state index contributed by atoms with van der Waals surface area (Å²) in [6, 6.07) is 15.3. The Hall–Kier alpha value is -2.62. The van der Waals surface area contributed by atoms with Gasteiger partial charge >= 0.3 is 11.9 Å². The van der Waals surface area contributed by atoms with Gasteiger partial charge in [0.05, 0.1) is 11.1 Å². The fraction of sp³-hybridized carbons (Fsp3) is 0.562. The molecule has 0 aliphatic carbocycles. The van der Waals surface area contributed by atoms with Crippen molar-refractivity contribution >= 4 is 11.9 Å². The summed E-state index contributed by atoms with van der Waals surface area (Å²) >= 11 is 0. The van der Waals surface area contributed by atoms with Crippen LogP contribution in [0, 0.1) is 0 Å². The Kier molecular flexibility index (Phi) is 13.9. The number of hydrogen-bond acceptors (Lipinski definition) is 4. The van der Waals surface area contributed by atoms with E-state index < -0.39 is 24.1 Å². The van der Waals surface area contributed by atoms with Crippen LogP contribution in [0.4, 0.5) is 0 Å². The monoisotopic (exact) mass is 494 g/mol. The Morgan fingerprint density at radius 3 is 1.22 bits per heavy atom. The van der Waals surface area contributed by atoms with Crippen molar-refractivity contribution in [3.63, 3.8) is 0 Å². The van der Waals surface area contributed by atoms with Gasteiger partial charge in [-0.2, -0.15) is 0 Å². The number of rotatable bonds is 17. The Bertz CT molecular complexity index is 810. The van der Waals surface area contributed by atoms with Gasteiger partial charge in [0.1, 0.15) is 12.2 Å². The molecule has 0 N–H and O–H groups in total.